The minimum atomic E-state index is -3.01. The Morgan fingerprint density at radius 1 is 1.62 bits per heavy atom. The zero-order valence-electron chi connectivity index (χ0n) is 9.51. The van der Waals surface area contributed by atoms with Gasteiger partial charge < -0.3 is 4.90 Å². The monoisotopic (exact) mass is 244 g/mol. The van der Waals surface area contributed by atoms with Crippen LogP contribution in [-0.2, 0) is 14.6 Å². The van der Waals surface area contributed by atoms with E-state index in [-0.39, 0.29) is 30.0 Å². The van der Waals surface area contributed by atoms with Crippen molar-refractivity contribution in [1.29, 1.82) is 5.26 Å². The molecule has 1 saturated heterocycles. The fourth-order valence-corrected chi connectivity index (χ4v) is 3.40. The highest BCUT2D eigenvalue weighted by atomic mass is 32.2. The molecule has 1 aliphatic heterocycles. The summed E-state index contributed by atoms with van der Waals surface area (Å²) in [4.78, 5) is 13.4. The molecule has 1 amide bonds. The average molecular weight is 244 g/mol. The van der Waals surface area contributed by atoms with Crippen molar-refractivity contribution in [1.82, 2.24) is 4.90 Å². The third kappa shape index (κ3) is 2.73. The van der Waals surface area contributed by atoms with Crippen LogP contribution in [0.15, 0.2) is 0 Å². The first-order valence-corrected chi connectivity index (χ1v) is 7.14. The lowest BCUT2D eigenvalue weighted by atomic mass is 10.1. The number of carbonyl (C=O) groups is 1. The maximum atomic E-state index is 11.9. The van der Waals surface area contributed by atoms with E-state index in [0.717, 1.165) is 0 Å². The molecular formula is C10H16N2O3S. The van der Waals surface area contributed by atoms with Crippen molar-refractivity contribution in [3.63, 3.8) is 0 Å². The van der Waals surface area contributed by atoms with Crippen LogP contribution < -0.4 is 0 Å². The van der Waals surface area contributed by atoms with Crippen LogP contribution in [0.5, 0.6) is 0 Å². The number of carbonyl (C=O) groups excluding carboxylic acids is 1. The van der Waals surface area contributed by atoms with Gasteiger partial charge in [-0.15, -0.1) is 0 Å². The number of nitrogens with zero attached hydrogens (tertiary/aromatic N) is 2. The van der Waals surface area contributed by atoms with E-state index in [4.69, 9.17) is 5.26 Å². The number of amides is 1. The standard InChI is InChI=1S/C10H16N2O3S/c1-3-9(6-11)10(13)12-4-5-16(14,15)7-8(12)2/h8-9H,3-5,7H2,1-2H3. The molecule has 0 aromatic heterocycles. The Kier molecular flexibility index (Phi) is 3.92. The van der Waals surface area contributed by atoms with Crippen molar-refractivity contribution < 1.29 is 13.2 Å². The van der Waals surface area contributed by atoms with Gasteiger partial charge in [-0.05, 0) is 13.3 Å². The van der Waals surface area contributed by atoms with Crippen molar-refractivity contribution in [2.75, 3.05) is 18.1 Å². The van der Waals surface area contributed by atoms with E-state index >= 15 is 0 Å². The fourth-order valence-electron chi connectivity index (χ4n) is 1.85. The molecular weight excluding hydrogens is 228 g/mol. The Bertz CT molecular complexity index is 410. The van der Waals surface area contributed by atoms with E-state index in [1.54, 1.807) is 13.8 Å². The van der Waals surface area contributed by atoms with Crippen molar-refractivity contribution in [3.05, 3.63) is 0 Å². The van der Waals surface area contributed by atoms with Crippen molar-refractivity contribution in [2.24, 2.45) is 5.92 Å². The van der Waals surface area contributed by atoms with E-state index in [9.17, 15) is 13.2 Å². The van der Waals surface area contributed by atoms with Gasteiger partial charge in [-0.1, -0.05) is 6.92 Å². The molecule has 0 aromatic carbocycles. The maximum absolute atomic E-state index is 11.9. The summed E-state index contributed by atoms with van der Waals surface area (Å²) in [6, 6.07) is 1.62. The summed E-state index contributed by atoms with van der Waals surface area (Å²) in [5.74, 6) is -0.887. The molecule has 0 aliphatic carbocycles. The third-order valence-electron chi connectivity index (χ3n) is 2.82. The second kappa shape index (κ2) is 4.83. The molecule has 5 nitrogen and oxygen atoms in total. The average Bonchev–Trinajstić information content (AvgIpc) is 2.17. The lowest BCUT2D eigenvalue weighted by Gasteiger charge is -2.34. The Morgan fingerprint density at radius 2 is 2.25 bits per heavy atom. The molecule has 0 saturated carbocycles. The highest BCUT2D eigenvalue weighted by Gasteiger charge is 2.33. The molecule has 0 N–H and O–H groups in total. The van der Waals surface area contributed by atoms with E-state index in [1.807, 2.05) is 6.07 Å². The maximum Gasteiger partial charge on any atom is 0.240 e. The normalized spacial score (nSPS) is 25.8. The fraction of sp³-hybridized carbons (Fsp3) is 0.800. The third-order valence-corrected chi connectivity index (χ3v) is 4.61. The van der Waals surface area contributed by atoms with Gasteiger partial charge in [0, 0.05) is 12.6 Å². The molecule has 2 atom stereocenters. The largest absolute Gasteiger partial charge is 0.337 e. The molecule has 0 aromatic rings. The smallest absolute Gasteiger partial charge is 0.240 e. The second-order valence-electron chi connectivity index (χ2n) is 4.08. The van der Waals surface area contributed by atoms with Crippen molar-refractivity contribution in [3.8, 4) is 6.07 Å². The Balaban J connectivity index is 2.77. The van der Waals surface area contributed by atoms with E-state index in [0.29, 0.717) is 6.42 Å². The lowest BCUT2D eigenvalue weighted by Crippen LogP contribution is -2.51. The van der Waals surface area contributed by atoms with E-state index in [2.05, 4.69) is 0 Å². The van der Waals surface area contributed by atoms with Gasteiger partial charge in [0.2, 0.25) is 5.91 Å². The van der Waals surface area contributed by atoms with Gasteiger partial charge in [-0.25, -0.2) is 8.42 Å². The van der Waals surface area contributed by atoms with Gasteiger partial charge in [0.25, 0.3) is 0 Å². The van der Waals surface area contributed by atoms with Crippen molar-refractivity contribution in [2.45, 2.75) is 26.3 Å². The Hall–Kier alpha value is -1.09. The van der Waals surface area contributed by atoms with Crippen LogP contribution in [0.3, 0.4) is 0 Å². The van der Waals surface area contributed by atoms with Gasteiger partial charge in [0.15, 0.2) is 9.84 Å². The van der Waals surface area contributed by atoms with Gasteiger partial charge in [0.05, 0.1) is 17.6 Å². The van der Waals surface area contributed by atoms with Crippen LogP contribution in [0, 0.1) is 17.2 Å². The van der Waals surface area contributed by atoms with Crippen LogP contribution in [0.1, 0.15) is 20.3 Å². The minimum Gasteiger partial charge on any atom is -0.337 e. The molecule has 90 valence electrons. The molecule has 16 heavy (non-hydrogen) atoms. The van der Waals surface area contributed by atoms with E-state index < -0.39 is 15.8 Å². The van der Waals surface area contributed by atoms with E-state index in [1.165, 1.54) is 4.90 Å². The second-order valence-corrected chi connectivity index (χ2v) is 6.31. The first-order valence-electron chi connectivity index (χ1n) is 5.31. The first-order chi connectivity index (χ1) is 7.41. The number of sulfone groups is 1. The molecule has 1 fully saturated rings. The van der Waals surface area contributed by atoms with Crippen LogP contribution in [0.2, 0.25) is 0 Å². The lowest BCUT2D eigenvalue weighted by molar-refractivity contribution is -0.135. The van der Waals surface area contributed by atoms with Crippen molar-refractivity contribution >= 4 is 15.7 Å². The Labute approximate surface area is 96.0 Å². The summed E-state index contributed by atoms with van der Waals surface area (Å²) in [5.41, 5.74) is 0. The molecule has 0 bridgehead atoms. The number of hydrogen-bond donors (Lipinski definition) is 0. The summed E-state index contributed by atoms with van der Waals surface area (Å²) in [5, 5.41) is 8.80. The zero-order chi connectivity index (χ0) is 12.3. The number of nitriles is 1. The zero-order valence-corrected chi connectivity index (χ0v) is 10.3. The molecule has 0 spiro atoms. The van der Waals surface area contributed by atoms with Gasteiger partial charge in [-0.2, -0.15) is 5.26 Å². The minimum absolute atomic E-state index is 0.000598. The quantitative estimate of drug-likeness (QED) is 0.694. The van der Waals surface area contributed by atoms with Crippen LogP contribution in [-0.4, -0.2) is 43.3 Å². The molecule has 0 radical (unpaired) electrons. The van der Waals surface area contributed by atoms with Gasteiger partial charge in [0.1, 0.15) is 5.92 Å². The summed E-state index contributed by atoms with van der Waals surface area (Å²) in [6.07, 6.45) is 0.464. The summed E-state index contributed by atoms with van der Waals surface area (Å²) >= 11 is 0. The molecule has 2 unspecified atom stereocenters. The molecule has 6 heteroatoms. The topological polar surface area (TPSA) is 78.2 Å². The first kappa shape index (κ1) is 13.0. The van der Waals surface area contributed by atoms with Crippen LogP contribution in [0.25, 0.3) is 0 Å². The molecule has 1 rings (SSSR count). The van der Waals surface area contributed by atoms with Crippen LogP contribution in [0.4, 0.5) is 0 Å². The molecule has 1 aliphatic rings. The number of hydrogen-bond acceptors (Lipinski definition) is 4. The Morgan fingerprint density at radius 3 is 2.69 bits per heavy atom. The van der Waals surface area contributed by atoms with Gasteiger partial charge in [-0.3, -0.25) is 4.79 Å². The molecule has 1 heterocycles. The summed E-state index contributed by atoms with van der Waals surface area (Å²) in [7, 11) is -3.01. The van der Waals surface area contributed by atoms with Gasteiger partial charge >= 0.3 is 0 Å². The number of rotatable bonds is 2. The highest BCUT2D eigenvalue weighted by Crippen LogP contribution is 2.16. The van der Waals surface area contributed by atoms with Crippen LogP contribution >= 0.6 is 0 Å². The SMILES string of the molecule is CCC(C#N)C(=O)N1CCS(=O)(=O)CC1C. The highest BCUT2D eigenvalue weighted by molar-refractivity contribution is 7.91. The summed E-state index contributed by atoms with van der Waals surface area (Å²) in [6.45, 7) is 3.69. The predicted octanol–water partition coefficient (Wildman–Crippen LogP) is 0.182. The summed E-state index contributed by atoms with van der Waals surface area (Å²) < 4.78 is 22.7. The predicted molar refractivity (Wildman–Crippen MR) is 59.2 cm³/mol.